The molecule has 0 spiro atoms. The van der Waals surface area contributed by atoms with Gasteiger partial charge in [-0.05, 0) is 25.0 Å². The van der Waals surface area contributed by atoms with Gasteiger partial charge in [0.05, 0.1) is 5.69 Å². The molecule has 0 bridgehead atoms. The van der Waals surface area contributed by atoms with E-state index in [0.29, 0.717) is 30.0 Å². The Kier molecular flexibility index (Phi) is 3.83. The van der Waals surface area contributed by atoms with E-state index >= 15 is 0 Å². The molecule has 1 aromatic rings. The SMILES string of the molecule is CCC1Oc2cccc(N)c2N(C(CC)C(=O)O)C1=O. The number of nitrogens with two attached hydrogens (primary N) is 1. The van der Waals surface area contributed by atoms with Crippen LogP contribution in [0.2, 0.25) is 0 Å². The number of benzene rings is 1. The first kappa shape index (κ1) is 14.2. The third-order valence-electron chi connectivity index (χ3n) is 3.41. The Balaban J connectivity index is 2.58. The molecule has 108 valence electrons. The van der Waals surface area contributed by atoms with E-state index in [1.54, 1.807) is 25.1 Å². The monoisotopic (exact) mass is 278 g/mol. The maximum Gasteiger partial charge on any atom is 0.326 e. The van der Waals surface area contributed by atoms with Crippen LogP contribution in [-0.2, 0) is 9.59 Å². The van der Waals surface area contributed by atoms with E-state index in [1.807, 2.05) is 6.92 Å². The quantitative estimate of drug-likeness (QED) is 0.817. The van der Waals surface area contributed by atoms with Crippen molar-refractivity contribution in [2.45, 2.75) is 38.8 Å². The zero-order valence-corrected chi connectivity index (χ0v) is 11.5. The first-order valence-corrected chi connectivity index (χ1v) is 6.62. The van der Waals surface area contributed by atoms with E-state index in [2.05, 4.69) is 0 Å². The molecule has 3 N–H and O–H groups in total. The molecule has 6 nitrogen and oxygen atoms in total. The van der Waals surface area contributed by atoms with Crippen LogP contribution in [0.5, 0.6) is 5.75 Å². The van der Waals surface area contributed by atoms with Crippen LogP contribution in [0, 0.1) is 0 Å². The van der Waals surface area contributed by atoms with E-state index in [4.69, 9.17) is 10.5 Å². The number of amides is 1. The number of carboxylic acids is 1. The van der Waals surface area contributed by atoms with Gasteiger partial charge in [-0.25, -0.2) is 4.79 Å². The van der Waals surface area contributed by atoms with Crippen LogP contribution < -0.4 is 15.4 Å². The Morgan fingerprint density at radius 3 is 2.75 bits per heavy atom. The van der Waals surface area contributed by atoms with Gasteiger partial charge in [0.1, 0.15) is 17.5 Å². The van der Waals surface area contributed by atoms with Gasteiger partial charge in [0.25, 0.3) is 5.91 Å². The Bertz CT molecular complexity index is 544. The Morgan fingerprint density at radius 2 is 2.20 bits per heavy atom. The number of ether oxygens (including phenoxy) is 1. The number of rotatable bonds is 4. The van der Waals surface area contributed by atoms with E-state index < -0.39 is 18.1 Å². The summed E-state index contributed by atoms with van der Waals surface area (Å²) in [5.41, 5.74) is 6.60. The average molecular weight is 278 g/mol. The largest absolute Gasteiger partial charge is 0.480 e. The maximum atomic E-state index is 12.5. The fourth-order valence-electron chi connectivity index (χ4n) is 2.40. The van der Waals surface area contributed by atoms with Crippen LogP contribution in [-0.4, -0.2) is 29.1 Å². The molecule has 1 aliphatic heterocycles. The van der Waals surface area contributed by atoms with Crippen molar-refractivity contribution in [1.82, 2.24) is 0 Å². The van der Waals surface area contributed by atoms with Gasteiger partial charge in [0, 0.05) is 0 Å². The van der Waals surface area contributed by atoms with Gasteiger partial charge >= 0.3 is 5.97 Å². The number of carbonyl (C=O) groups is 2. The molecule has 2 unspecified atom stereocenters. The predicted molar refractivity (Wildman–Crippen MR) is 74.8 cm³/mol. The summed E-state index contributed by atoms with van der Waals surface area (Å²) in [5, 5.41) is 9.34. The zero-order valence-electron chi connectivity index (χ0n) is 11.5. The Hall–Kier alpha value is -2.24. The molecular formula is C14H18N2O4. The van der Waals surface area contributed by atoms with Crippen LogP contribution in [0.3, 0.4) is 0 Å². The van der Waals surface area contributed by atoms with Crippen molar-refractivity contribution in [1.29, 1.82) is 0 Å². The van der Waals surface area contributed by atoms with Crippen molar-refractivity contribution < 1.29 is 19.4 Å². The summed E-state index contributed by atoms with van der Waals surface area (Å²) in [5.74, 6) is -0.949. The number of anilines is 2. The predicted octanol–water partition coefficient (Wildman–Crippen LogP) is 1.64. The molecule has 6 heteroatoms. The molecule has 2 atom stereocenters. The summed E-state index contributed by atoms with van der Waals surface area (Å²) in [6.45, 7) is 3.54. The number of carboxylic acid groups (broad SMARTS) is 1. The summed E-state index contributed by atoms with van der Waals surface area (Å²) in [4.78, 5) is 25.1. The Morgan fingerprint density at radius 1 is 1.50 bits per heavy atom. The van der Waals surface area contributed by atoms with E-state index in [9.17, 15) is 14.7 Å². The van der Waals surface area contributed by atoms with Gasteiger partial charge in [-0.1, -0.05) is 19.9 Å². The lowest BCUT2D eigenvalue weighted by Gasteiger charge is -2.37. The van der Waals surface area contributed by atoms with Gasteiger partial charge in [0.15, 0.2) is 6.10 Å². The molecule has 0 fully saturated rings. The second kappa shape index (κ2) is 5.40. The molecule has 0 saturated carbocycles. The zero-order chi connectivity index (χ0) is 14.9. The molecular weight excluding hydrogens is 260 g/mol. The number of nitrogen functional groups attached to an aromatic ring is 1. The normalized spacial score (nSPS) is 19.2. The molecule has 0 radical (unpaired) electrons. The van der Waals surface area contributed by atoms with E-state index in [1.165, 1.54) is 4.90 Å². The third-order valence-corrected chi connectivity index (χ3v) is 3.41. The minimum absolute atomic E-state index is 0.297. The van der Waals surface area contributed by atoms with Crippen molar-refractivity contribution >= 4 is 23.3 Å². The number of fused-ring (bicyclic) bond motifs is 1. The Labute approximate surface area is 117 Å². The summed E-state index contributed by atoms with van der Waals surface area (Å²) in [6, 6.07) is 4.10. The number of aliphatic carboxylic acids is 1. The minimum atomic E-state index is -1.05. The van der Waals surface area contributed by atoms with Crippen molar-refractivity contribution in [3.8, 4) is 5.75 Å². The third kappa shape index (κ3) is 2.17. The van der Waals surface area contributed by atoms with E-state index in [-0.39, 0.29) is 5.91 Å². The first-order chi connectivity index (χ1) is 9.51. The van der Waals surface area contributed by atoms with Gasteiger partial charge in [-0.15, -0.1) is 0 Å². The van der Waals surface area contributed by atoms with Crippen molar-refractivity contribution in [2.75, 3.05) is 10.6 Å². The van der Waals surface area contributed by atoms with Crippen molar-refractivity contribution in [3.05, 3.63) is 18.2 Å². The number of hydrogen-bond acceptors (Lipinski definition) is 4. The lowest BCUT2D eigenvalue weighted by molar-refractivity contribution is -0.141. The second-order valence-electron chi connectivity index (χ2n) is 4.68. The number of para-hydroxylation sites is 1. The van der Waals surface area contributed by atoms with Crippen molar-refractivity contribution in [3.63, 3.8) is 0 Å². The van der Waals surface area contributed by atoms with Crippen molar-refractivity contribution in [2.24, 2.45) is 0 Å². The van der Waals surface area contributed by atoms with Gasteiger partial charge in [-0.2, -0.15) is 0 Å². The smallest absolute Gasteiger partial charge is 0.326 e. The summed E-state index contributed by atoms with van der Waals surface area (Å²) in [7, 11) is 0. The molecule has 1 aliphatic rings. The summed E-state index contributed by atoms with van der Waals surface area (Å²) in [6.07, 6.45) is 0.1000. The molecule has 2 rings (SSSR count). The standard InChI is InChI=1S/C14H18N2O4/c1-3-9(14(18)19)16-12-8(15)6-5-7-11(12)20-10(4-2)13(16)17/h5-7,9-10H,3-4,15H2,1-2H3,(H,18,19). The van der Waals surface area contributed by atoms with Crippen LogP contribution in [0.4, 0.5) is 11.4 Å². The average Bonchev–Trinajstić information content (AvgIpc) is 2.41. The van der Waals surface area contributed by atoms with Crippen LogP contribution >= 0.6 is 0 Å². The molecule has 1 amide bonds. The van der Waals surface area contributed by atoms with Crippen LogP contribution in [0.25, 0.3) is 0 Å². The van der Waals surface area contributed by atoms with Gasteiger partial charge in [0.2, 0.25) is 0 Å². The highest BCUT2D eigenvalue weighted by molar-refractivity contribution is 6.06. The molecule has 20 heavy (non-hydrogen) atoms. The molecule has 0 aliphatic carbocycles. The number of nitrogens with zero attached hydrogens (tertiary/aromatic N) is 1. The second-order valence-corrected chi connectivity index (χ2v) is 4.68. The number of hydrogen-bond donors (Lipinski definition) is 2. The first-order valence-electron chi connectivity index (χ1n) is 6.62. The van der Waals surface area contributed by atoms with Gasteiger partial charge < -0.3 is 15.6 Å². The van der Waals surface area contributed by atoms with Crippen LogP contribution in [0.15, 0.2) is 18.2 Å². The van der Waals surface area contributed by atoms with E-state index in [0.717, 1.165) is 0 Å². The molecule has 1 aromatic carbocycles. The highest BCUT2D eigenvalue weighted by atomic mass is 16.5. The topological polar surface area (TPSA) is 92.9 Å². The van der Waals surface area contributed by atoms with Crippen LogP contribution in [0.1, 0.15) is 26.7 Å². The lowest BCUT2D eigenvalue weighted by atomic mass is 10.1. The minimum Gasteiger partial charge on any atom is -0.480 e. The molecule has 1 heterocycles. The number of carbonyl (C=O) groups excluding carboxylic acids is 1. The highest BCUT2D eigenvalue weighted by Gasteiger charge is 2.40. The van der Waals surface area contributed by atoms with Gasteiger partial charge in [-0.3, -0.25) is 9.69 Å². The molecule has 0 saturated heterocycles. The fraction of sp³-hybridized carbons (Fsp3) is 0.429. The molecule has 0 aromatic heterocycles. The summed E-state index contributed by atoms with van der Waals surface area (Å²) < 4.78 is 5.61. The lowest BCUT2D eigenvalue weighted by Crippen LogP contribution is -2.53. The summed E-state index contributed by atoms with van der Waals surface area (Å²) >= 11 is 0. The maximum absolute atomic E-state index is 12.5. The fourth-order valence-corrected chi connectivity index (χ4v) is 2.40. The highest BCUT2D eigenvalue weighted by Crippen LogP contribution is 2.40.